The van der Waals surface area contributed by atoms with Crippen molar-refractivity contribution in [3.05, 3.63) is 53.9 Å². The summed E-state index contributed by atoms with van der Waals surface area (Å²) in [6.07, 6.45) is 4.61. The minimum absolute atomic E-state index is 1.12. The van der Waals surface area contributed by atoms with Gasteiger partial charge in [-0.05, 0) is 24.0 Å². The number of hydrogen-bond acceptors (Lipinski definition) is 4. The molecule has 0 bridgehead atoms. The van der Waals surface area contributed by atoms with Crippen LogP contribution in [0.3, 0.4) is 0 Å². The van der Waals surface area contributed by atoms with Crippen molar-refractivity contribution in [3.8, 4) is 11.1 Å². The molecule has 6 heteroatoms. The summed E-state index contributed by atoms with van der Waals surface area (Å²) in [6, 6.07) is 15.2. The van der Waals surface area contributed by atoms with Crippen LogP contribution in [0.15, 0.2) is 42.5 Å². The maximum Gasteiger partial charge on any atom is 0.180 e. The van der Waals surface area contributed by atoms with E-state index in [9.17, 15) is 0 Å². The lowest BCUT2D eigenvalue weighted by Crippen LogP contribution is -2.68. The molecule has 0 aliphatic carbocycles. The molecular formula is C17H22ClNO4. The Hall–Kier alpha value is -1.50. The smallest absolute Gasteiger partial charge is 0.180 e. The van der Waals surface area contributed by atoms with Gasteiger partial charge in [0.1, 0.15) is 0 Å². The Labute approximate surface area is 139 Å². The number of hydrogen-bond donors (Lipinski definition) is 0. The standard InChI is InChI=1S/C17H21N.ClHO4/c1-3-8-16-12-15(13-17(18-16)9-4-2)14-10-6-5-7-11-14;2-1(3,4)5/h5-7,10-13H,3-4,8-9H2,1-2H3;(H,2,3,4,5). The predicted molar refractivity (Wildman–Crippen MR) is 76.4 cm³/mol. The van der Waals surface area contributed by atoms with E-state index < -0.39 is 10.2 Å². The second-order valence-electron chi connectivity index (χ2n) is 5.16. The van der Waals surface area contributed by atoms with Gasteiger partial charge in [-0.3, -0.25) is 0 Å². The van der Waals surface area contributed by atoms with Crippen LogP contribution in [-0.2, 0) is 12.8 Å². The molecule has 1 aromatic heterocycles. The molecule has 1 N–H and O–H groups in total. The van der Waals surface area contributed by atoms with Crippen molar-refractivity contribution >= 4 is 0 Å². The Balaban J connectivity index is 0.000000463. The molecule has 0 saturated heterocycles. The zero-order chi connectivity index (χ0) is 17.3. The van der Waals surface area contributed by atoms with Gasteiger partial charge in [-0.1, -0.05) is 44.2 Å². The second kappa shape index (κ2) is 9.60. The summed E-state index contributed by atoms with van der Waals surface area (Å²) in [6.45, 7) is 4.45. The third-order valence-electron chi connectivity index (χ3n) is 3.13. The molecule has 0 amide bonds. The van der Waals surface area contributed by atoms with E-state index >= 15 is 0 Å². The topological polar surface area (TPSA) is 106 Å². The van der Waals surface area contributed by atoms with Gasteiger partial charge in [-0.2, -0.15) is 0 Å². The second-order valence-corrected chi connectivity index (χ2v) is 5.92. The molecule has 0 radical (unpaired) electrons. The quantitative estimate of drug-likeness (QED) is 0.719. The number of benzene rings is 1. The number of rotatable bonds is 5. The zero-order valence-corrected chi connectivity index (χ0v) is 14.1. The number of aryl methyl sites for hydroxylation is 2. The minimum atomic E-state index is -4.94. The molecule has 0 spiro atoms. The van der Waals surface area contributed by atoms with Crippen LogP contribution in [0.1, 0.15) is 38.1 Å². The third-order valence-corrected chi connectivity index (χ3v) is 3.13. The van der Waals surface area contributed by atoms with Crippen molar-refractivity contribution in [1.29, 1.82) is 0 Å². The largest absolute Gasteiger partial charge is 0.222 e. The summed E-state index contributed by atoms with van der Waals surface area (Å²) in [5.74, 6) is 0. The third kappa shape index (κ3) is 8.64. The molecular weight excluding hydrogens is 318 g/mol. The van der Waals surface area contributed by atoms with Crippen LogP contribution in [0.5, 0.6) is 0 Å². The van der Waals surface area contributed by atoms with E-state index in [1.807, 2.05) is 0 Å². The minimum Gasteiger partial charge on any atom is -0.222 e. The van der Waals surface area contributed by atoms with Gasteiger partial charge in [0.05, 0.1) is 0 Å². The Morgan fingerprint density at radius 1 is 0.783 bits per heavy atom. The lowest BCUT2D eigenvalue weighted by atomic mass is 10.0. The van der Waals surface area contributed by atoms with Crippen molar-refractivity contribution in [2.45, 2.75) is 39.5 Å². The molecule has 0 saturated carbocycles. The average molecular weight is 340 g/mol. The van der Waals surface area contributed by atoms with Gasteiger partial charge < -0.3 is 0 Å². The molecule has 126 valence electrons. The monoisotopic (exact) mass is 339 g/mol. The lowest BCUT2D eigenvalue weighted by molar-refractivity contribution is -2.00. The summed E-state index contributed by atoms with van der Waals surface area (Å²) in [7, 11) is -4.94. The van der Waals surface area contributed by atoms with E-state index in [1.54, 1.807) is 0 Å². The van der Waals surface area contributed by atoms with E-state index in [4.69, 9.17) is 18.6 Å². The zero-order valence-electron chi connectivity index (χ0n) is 13.4. The number of aromatic nitrogens is 1. The van der Waals surface area contributed by atoms with E-state index in [-0.39, 0.29) is 0 Å². The van der Waals surface area contributed by atoms with Gasteiger partial charge in [0, 0.05) is 25.0 Å². The first kappa shape index (κ1) is 19.5. The van der Waals surface area contributed by atoms with Gasteiger partial charge in [0.2, 0.25) is 0 Å². The Morgan fingerprint density at radius 3 is 1.61 bits per heavy atom. The number of halogens is 1. The summed E-state index contributed by atoms with van der Waals surface area (Å²) < 4.78 is 34.0. The number of nitrogens with one attached hydrogen (secondary N) is 1. The molecule has 5 nitrogen and oxygen atoms in total. The predicted octanol–water partition coefficient (Wildman–Crippen LogP) is -0.683. The van der Waals surface area contributed by atoms with Gasteiger partial charge in [0.25, 0.3) is 0 Å². The van der Waals surface area contributed by atoms with E-state index in [0.29, 0.717) is 0 Å². The first-order valence-electron chi connectivity index (χ1n) is 7.55. The number of aromatic amines is 1. The molecule has 2 rings (SSSR count). The Morgan fingerprint density at radius 2 is 1.22 bits per heavy atom. The molecule has 2 aromatic rings. The van der Waals surface area contributed by atoms with Crippen LogP contribution >= 0.6 is 0 Å². The molecule has 0 aliphatic heterocycles. The fourth-order valence-corrected chi connectivity index (χ4v) is 2.30. The fourth-order valence-electron chi connectivity index (χ4n) is 2.30. The molecule has 0 aliphatic rings. The highest BCUT2D eigenvalue weighted by Crippen LogP contribution is 2.20. The van der Waals surface area contributed by atoms with Crippen LogP contribution in [-0.4, -0.2) is 0 Å². The number of H-pyrrole nitrogens is 1. The average Bonchev–Trinajstić information content (AvgIpc) is 2.47. The van der Waals surface area contributed by atoms with Crippen molar-refractivity contribution in [3.63, 3.8) is 0 Å². The summed E-state index contributed by atoms with van der Waals surface area (Å²) in [4.78, 5) is 3.56. The van der Waals surface area contributed by atoms with Crippen LogP contribution < -0.4 is 23.6 Å². The van der Waals surface area contributed by atoms with Crippen LogP contribution in [0.2, 0.25) is 0 Å². The van der Waals surface area contributed by atoms with Gasteiger partial charge >= 0.3 is 0 Å². The van der Waals surface area contributed by atoms with Gasteiger partial charge in [-0.15, -0.1) is 10.2 Å². The molecule has 0 fully saturated rings. The van der Waals surface area contributed by atoms with E-state index in [2.05, 4.69) is 61.3 Å². The Bertz CT molecular complexity index is 555. The summed E-state index contributed by atoms with van der Waals surface area (Å²) >= 11 is 0. The summed E-state index contributed by atoms with van der Waals surface area (Å²) in [5, 5.41) is 0. The van der Waals surface area contributed by atoms with Crippen molar-refractivity contribution in [2.75, 3.05) is 0 Å². The molecule has 0 unspecified atom stereocenters. The van der Waals surface area contributed by atoms with Crippen molar-refractivity contribution in [1.82, 2.24) is 0 Å². The first-order valence-corrected chi connectivity index (χ1v) is 8.79. The molecule has 0 atom stereocenters. The maximum atomic E-state index is 8.49. The normalized spacial score (nSPS) is 10.9. The van der Waals surface area contributed by atoms with Gasteiger partial charge in [0.15, 0.2) is 11.4 Å². The fraction of sp³-hybridized carbons (Fsp3) is 0.353. The van der Waals surface area contributed by atoms with Crippen molar-refractivity contribution < 1.29 is 33.9 Å². The van der Waals surface area contributed by atoms with Crippen LogP contribution in [0.4, 0.5) is 0 Å². The molecule has 23 heavy (non-hydrogen) atoms. The lowest BCUT2D eigenvalue weighted by Gasteiger charge is -2.17. The highest BCUT2D eigenvalue weighted by atomic mass is 35.7. The highest BCUT2D eigenvalue weighted by Gasteiger charge is 2.09. The summed E-state index contributed by atoms with van der Waals surface area (Å²) in [5.41, 5.74) is 5.34. The SMILES string of the molecule is CCCc1cc(-c2ccccc2)cc(CCC)[nH+]1.[O-][Cl+3]([O-])([O-])[O-]. The first-order chi connectivity index (χ1) is 10.8. The maximum absolute atomic E-state index is 8.49. The van der Waals surface area contributed by atoms with Gasteiger partial charge in [-0.25, -0.2) is 23.6 Å². The highest BCUT2D eigenvalue weighted by molar-refractivity contribution is 5.63. The number of pyridine rings is 1. The van der Waals surface area contributed by atoms with E-state index in [0.717, 1.165) is 12.8 Å². The van der Waals surface area contributed by atoms with Crippen LogP contribution in [0, 0.1) is 10.2 Å². The molecule has 1 aromatic carbocycles. The Kier molecular flexibility index (Phi) is 8.16. The molecule has 1 heterocycles. The van der Waals surface area contributed by atoms with Crippen LogP contribution in [0.25, 0.3) is 11.1 Å². The van der Waals surface area contributed by atoms with Crippen molar-refractivity contribution in [2.24, 2.45) is 0 Å². The van der Waals surface area contributed by atoms with E-state index in [1.165, 1.54) is 35.4 Å².